The molecule has 2 aromatic carbocycles. The van der Waals surface area contributed by atoms with Crippen molar-refractivity contribution in [3.8, 4) is 0 Å². The van der Waals surface area contributed by atoms with Gasteiger partial charge in [0.15, 0.2) is 0 Å². The maximum absolute atomic E-state index is 12.4. The summed E-state index contributed by atoms with van der Waals surface area (Å²) in [4.78, 5) is 24.5. The summed E-state index contributed by atoms with van der Waals surface area (Å²) < 4.78 is 10.9. The molecule has 5 nitrogen and oxygen atoms in total. The smallest absolute Gasteiger partial charge is 0.408 e. The van der Waals surface area contributed by atoms with Gasteiger partial charge in [0, 0.05) is 0 Å². The lowest BCUT2D eigenvalue weighted by molar-refractivity contribution is -0.151. The van der Waals surface area contributed by atoms with E-state index in [1.165, 1.54) is 11.1 Å². The molecule has 1 heterocycles. The number of hydrogen-bond acceptors (Lipinski definition) is 4. The molecule has 3 atom stereocenters. The fourth-order valence-electron chi connectivity index (χ4n) is 4.26. The van der Waals surface area contributed by atoms with Gasteiger partial charge in [-0.1, -0.05) is 79.1 Å². The first-order chi connectivity index (χ1) is 16.6. The highest BCUT2D eigenvalue weighted by atomic mass is 16.6. The molecule has 1 fully saturated rings. The summed E-state index contributed by atoms with van der Waals surface area (Å²) in [6.07, 6.45) is 6.01. The molecule has 192 valence electrons. The molecule has 0 aliphatic carbocycles. The van der Waals surface area contributed by atoms with Crippen LogP contribution in [0.25, 0.3) is 0 Å². The van der Waals surface area contributed by atoms with Gasteiger partial charge in [-0.25, -0.2) is 9.59 Å². The van der Waals surface area contributed by atoms with E-state index in [-0.39, 0.29) is 12.1 Å². The standard InChI is InChI=1S/C23H35NO4.C7H8/c1-17-16-19(13-8-12-18-10-6-5-7-11-18)14-9-15-20(21(25)27-17)24-22(26)28-23(2,3)4;1-7-5-3-2-4-6-7/h5-7,10-11,17,19-20H,8-9,12-16H2,1-4H3,(H,24,26);2-6H,1H3/t17?,19?,20-;/m0./s1. The lowest BCUT2D eigenvalue weighted by Crippen LogP contribution is -2.44. The number of benzene rings is 2. The van der Waals surface area contributed by atoms with E-state index in [0.717, 1.165) is 38.5 Å². The Morgan fingerprint density at radius 1 is 1.03 bits per heavy atom. The fourth-order valence-corrected chi connectivity index (χ4v) is 4.26. The van der Waals surface area contributed by atoms with E-state index >= 15 is 0 Å². The van der Waals surface area contributed by atoms with Crippen LogP contribution >= 0.6 is 0 Å². The van der Waals surface area contributed by atoms with Gasteiger partial charge in [0.1, 0.15) is 11.6 Å². The summed E-state index contributed by atoms with van der Waals surface area (Å²) >= 11 is 0. The van der Waals surface area contributed by atoms with Crippen molar-refractivity contribution in [3.63, 3.8) is 0 Å². The molecule has 2 aromatic rings. The molecule has 1 N–H and O–H groups in total. The number of amides is 1. The van der Waals surface area contributed by atoms with Crippen molar-refractivity contribution in [2.24, 2.45) is 5.92 Å². The van der Waals surface area contributed by atoms with Crippen molar-refractivity contribution in [3.05, 3.63) is 71.8 Å². The van der Waals surface area contributed by atoms with Gasteiger partial charge in [0.05, 0.1) is 6.10 Å². The Labute approximate surface area is 211 Å². The van der Waals surface area contributed by atoms with E-state index in [1.807, 2.05) is 31.2 Å². The molecule has 3 rings (SSSR count). The number of carbonyl (C=O) groups excluding carboxylic acids is 2. The van der Waals surface area contributed by atoms with Gasteiger partial charge in [-0.05, 0) is 78.2 Å². The van der Waals surface area contributed by atoms with Gasteiger partial charge in [0.25, 0.3) is 0 Å². The van der Waals surface area contributed by atoms with Gasteiger partial charge in [-0.15, -0.1) is 0 Å². The number of rotatable bonds is 5. The van der Waals surface area contributed by atoms with Gasteiger partial charge in [-0.2, -0.15) is 0 Å². The van der Waals surface area contributed by atoms with Gasteiger partial charge >= 0.3 is 12.1 Å². The highest BCUT2D eigenvalue weighted by Crippen LogP contribution is 2.25. The van der Waals surface area contributed by atoms with Crippen LogP contribution in [0, 0.1) is 12.8 Å². The average molecular weight is 482 g/mol. The number of nitrogens with one attached hydrogen (secondary N) is 1. The number of esters is 1. The van der Waals surface area contributed by atoms with Crippen molar-refractivity contribution < 1.29 is 19.1 Å². The lowest BCUT2D eigenvalue weighted by atomic mass is 9.90. The van der Waals surface area contributed by atoms with Crippen molar-refractivity contribution in [1.29, 1.82) is 0 Å². The first-order valence-electron chi connectivity index (χ1n) is 12.9. The van der Waals surface area contributed by atoms with Gasteiger partial charge in [0.2, 0.25) is 0 Å². The highest BCUT2D eigenvalue weighted by Gasteiger charge is 2.29. The number of alkyl carbamates (subject to hydrolysis) is 1. The van der Waals surface area contributed by atoms with Crippen LogP contribution in [0.3, 0.4) is 0 Å². The fraction of sp³-hybridized carbons (Fsp3) is 0.533. The normalized spacial score (nSPS) is 20.7. The van der Waals surface area contributed by atoms with Crippen LogP contribution in [-0.4, -0.2) is 29.8 Å². The lowest BCUT2D eigenvalue weighted by Gasteiger charge is -2.23. The minimum absolute atomic E-state index is 0.143. The molecule has 1 amide bonds. The minimum Gasteiger partial charge on any atom is -0.461 e. The quantitative estimate of drug-likeness (QED) is 0.466. The number of hydrogen-bond donors (Lipinski definition) is 1. The maximum Gasteiger partial charge on any atom is 0.408 e. The zero-order chi connectivity index (χ0) is 25.7. The Kier molecular flexibility index (Phi) is 11.8. The molecule has 5 heteroatoms. The van der Waals surface area contributed by atoms with Crippen LogP contribution in [-0.2, 0) is 20.7 Å². The summed E-state index contributed by atoms with van der Waals surface area (Å²) in [6.45, 7) is 9.43. The molecule has 2 unspecified atom stereocenters. The van der Waals surface area contributed by atoms with Gasteiger partial charge < -0.3 is 14.8 Å². The second kappa shape index (κ2) is 14.6. The molecule has 1 aliphatic heterocycles. The number of ether oxygens (including phenoxy) is 2. The van der Waals surface area contributed by atoms with Crippen LogP contribution in [0.4, 0.5) is 4.79 Å². The second-order valence-electron chi connectivity index (χ2n) is 10.5. The molecule has 0 radical (unpaired) electrons. The van der Waals surface area contributed by atoms with Crippen LogP contribution in [0.15, 0.2) is 60.7 Å². The molecule has 1 aliphatic rings. The molecule has 35 heavy (non-hydrogen) atoms. The van der Waals surface area contributed by atoms with Crippen molar-refractivity contribution in [2.75, 3.05) is 0 Å². The largest absolute Gasteiger partial charge is 0.461 e. The first-order valence-corrected chi connectivity index (χ1v) is 12.9. The molecular weight excluding hydrogens is 438 g/mol. The Morgan fingerprint density at radius 2 is 1.66 bits per heavy atom. The highest BCUT2D eigenvalue weighted by molar-refractivity contribution is 5.81. The monoisotopic (exact) mass is 481 g/mol. The third-order valence-corrected chi connectivity index (χ3v) is 5.92. The Bertz CT molecular complexity index is 876. The van der Waals surface area contributed by atoms with Crippen molar-refractivity contribution in [2.45, 2.75) is 97.3 Å². The Hall–Kier alpha value is -2.82. The third kappa shape index (κ3) is 12.4. The molecule has 0 spiro atoms. The summed E-state index contributed by atoms with van der Waals surface area (Å²) in [5, 5.41) is 2.69. The molecular formula is C30H43NO4. The summed E-state index contributed by atoms with van der Waals surface area (Å²) in [5.74, 6) is 0.176. The van der Waals surface area contributed by atoms with E-state index in [2.05, 4.69) is 48.6 Å². The van der Waals surface area contributed by atoms with Crippen LogP contribution < -0.4 is 5.32 Å². The van der Waals surface area contributed by atoms with E-state index in [4.69, 9.17) is 9.47 Å². The van der Waals surface area contributed by atoms with E-state index in [9.17, 15) is 9.59 Å². The second-order valence-corrected chi connectivity index (χ2v) is 10.5. The predicted molar refractivity (Wildman–Crippen MR) is 141 cm³/mol. The third-order valence-electron chi connectivity index (χ3n) is 5.92. The Morgan fingerprint density at radius 3 is 2.23 bits per heavy atom. The van der Waals surface area contributed by atoms with E-state index in [0.29, 0.717) is 12.3 Å². The zero-order valence-electron chi connectivity index (χ0n) is 22.1. The first kappa shape index (κ1) is 28.4. The summed E-state index contributed by atoms with van der Waals surface area (Å²) in [7, 11) is 0. The minimum atomic E-state index is -0.639. The van der Waals surface area contributed by atoms with Crippen LogP contribution in [0.1, 0.15) is 77.3 Å². The van der Waals surface area contributed by atoms with Crippen LogP contribution in [0.2, 0.25) is 0 Å². The van der Waals surface area contributed by atoms with Gasteiger partial charge in [-0.3, -0.25) is 0 Å². The number of aryl methyl sites for hydroxylation is 2. The number of carbonyl (C=O) groups is 2. The predicted octanol–water partition coefficient (Wildman–Crippen LogP) is 7.02. The van der Waals surface area contributed by atoms with Crippen molar-refractivity contribution in [1.82, 2.24) is 5.32 Å². The van der Waals surface area contributed by atoms with Crippen molar-refractivity contribution >= 4 is 12.1 Å². The SMILES string of the molecule is CC1CC(CCCc2ccccc2)CCC[C@H](NC(=O)OC(C)(C)C)C(=O)O1.Cc1ccccc1. The maximum atomic E-state index is 12.4. The summed E-state index contributed by atoms with van der Waals surface area (Å²) in [5.41, 5.74) is 2.10. The Balaban J connectivity index is 0.000000527. The number of cyclic esters (lactones) is 1. The summed E-state index contributed by atoms with van der Waals surface area (Å²) in [6, 6.07) is 20.2. The van der Waals surface area contributed by atoms with E-state index < -0.39 is 17.7 Å². The molecule has 1 saturated heterocycles. The zero-order valence-corrected chi connectivity index (χ0v) is 22.1. The van der Waals surface area contributed by atoms with Crippen LogP contribution in [0.5, 0.6) is 0 Å². The van der Waals surface area contributed by atoms with E-state index in [1.54, 1.807) is 20.8 Å². The molecule has 0 saturated carbocycles. The average Bonchev–Trinajstić information content (AvgIpc) is 2.84. The molecule has 0 aromatic heterocycles. The topological polar surface area (TPSA) is 64.6 Å². The molecule has 0 bridgehead atoms.